The van der Waals surface area contributed by atoms with Gasteiger partial charge in [-0.25, -0.2) is 9.79 Å². The van der Waals surface area contributed by atoms with Gasteiger partial charge in [-0.05, 0) is 44.9 Å². The highest BCUT2D eigenvalue weighted by Gasteiger charge is 2.47. The van der Waals surface area contributed by atoms with Crippen LogP contribution in [0.5, 0.6) is 11.5 Å². The van der Waals surface area contributed by atoms with Gasteiger partial charge < -0.3 is 14.2 Å². The molecule has 2 aliphatic rings. The van der Waals surface area contributed by atoms with Gasteiger partial charge in [-0.1, -0.05) is 24.8 Å². The zero-order valence-electron chi connectivity index (χ0n) is 17.5. The fourth-order valence-electron chi connectivity index (χ4n) is 3.47. The second-order valence-corrected chi connectivity index (χ2v) is 8.26. The lowest BCUT2D eigenvalue weighted by Crippen LogP contribution is -2.41. The smallest absolute Gasteiger partial charge is 0.338 e. The number of allylic oxidation sites excluding steroid dienone is 1. The van der Waals surface area contributed by atoms with Gasteiger partial charge in [-0.2, -0.15) is 0 Å². The first-order valence-corrected chi connectivity index (χ1v) is 10.4. The number of hydrogen-bond acceptors (Lipinski definition) is 7. The fraction of sp³-hybridized carbons (Fsp3) is 0.476. The average molecular weight is 419 g/mol. The van der Waals surface area contributed by atoms with Crippen molar-refractivity contribution in [3.8, 4) is 11.5 Å². The molecule has 0 aliphatic carbocycles. The molecule has 0 radical (unpaired) electrons. The summed E-state index contributed by atoms with van der Waals surface area (Å²) in [7, 11) is 3.11. The summed E-state index contributed by atoms with van der Waals surface area (Å²) in [4.78, 5) is 32.3. The van der Waals surface area contributed by atoms with Gasteiger partial charge >= 0.3 is 5.97 Å². The number of hydrogen-bond donors (Lipinski definition) is 0. The highest BCUT2D eigenvalue weighted by molar-refractivity contribution is 8.15. The Morgan fingerprint density at radius 2 is 1.93 bits per heavy atom. The summed E-state index contributed by atoms with van der Waals surface area (Å²) in [6.07, 6.45) is 0.397. The topological polar surface area (TPSA) is 77.4 Å². The summed E-state index contributed by atoms with van der Waals surface area (Å²) in [6, 6.07) is 4.76. The number of rotatable bonds is 6. The van der Waals surface area contributed by atoms with E-state index < -0.39 is 12.0 Å². The second kappa shape index (κ2) is 8.49. The molecule has 2 aliphatic heterocycles. The van der Waals surface area contributed by atoms with Crippen LogP contribution < -0.4 is 9.47 Å². The number of amides is 1. The number of carbonyl (C=O) groups is 2. The Morgan fingerprint density at radius 1 is 1.24 bits per heavy atom. The molecule has 0 aromatic heterocycles. The van der Waals surface area contributed by atoms with Crippen LogP contribution in [0.2, 0.25) is 0 Å². The lowest BCUT2D eigenvalue weighted by atomic mass is 9.93. The summed E-state index contributed by atoms with van der Waals surface area (Å²) < 4.78 is 16.3. The van der Waals surface area contributed by atoms with Crippen LogP contribution in [0.4, 0.5) is 0 Å². The molecule has 8 heteroatoms. The van der Waals surface area contributed by atoms with Crippen LogP contribution in [0.25, 0.3) is 0 Å². The highest BCUT2D eigenvalue weighted by atomic mass is 32.2. The van der Waals surface area contributed by atoms with Crippen molar-refractivity contribution < 1.29 is 23.8 Å². The number of carbonyl (C=O) groups excluding carboxylic acids is 2. The van der Waals surface area contributed by atoms with Crippen molar-refractivity contribution in [3.63, 3.8) is 0 Å². The maximum atomic E-state index is 13.1. The van der Waals surface area contributed by atoms with Crippen molar-refractivity contribution >= 4 is 28.8 Å². The SMILES string of the molecule is CC[C@@H]1SC2=NC(C)=C(C(=O)OC(C)C)[C@H](c3ccc(OC)c(OC)c3)N2C1=O. The largest absolute Gasteiger partial charge is 0.493 e. The highest BCUT2D eigenvalue weighted by Crippen LogP contribution is 2.45. The molecule has 2 heterocycles. The average Bonchev–Trinajstić information content (AvgIpc) is 3.00. The van der Waals surface area contributed by atoms with E-state index in [1.54, 1.807) is 52.0 Å². The molecule has 0 saturated carbocycles. The number of methoxy groups -OCH3 is 2. The van der Waals surface area contributed by atoms with Crippen molar-refractivity contribution in [3.05, 3.63) is 35.0 Å². The monoisotopic (exact) mass is 418 g/mol. The molecule has 0 spiro atoms. The van der Waals surface area contributed by atoms with Crippen LogP contribution in [-0.2, 0) is 14.3 Å². The summed E-state index contributed by atoms with van der Waals surface area (Å²) in [5, 5.41) is 0.393. The van der Waals surface area contributed by atoms with E-state index in [4.69, 9.17) is 14.2 Å². The van der Waals surface area contributed by atoms with Crippen LogP contribution in [0.3, 0.4) is 0 Å². The first-order valence-electron chi connectivity index (χ1n) is 9.54. The van der Waals surface area contributed by atoms with E-state index in [2.05, 4.69) is 4.99 Å². The molecule has 1 aromatic carbocycles. The van der Waals surface area contributed by atoms with E-state index in [0.717, 1.165) is 5.56 Å². The molecule has 0 bridgehead atoms. The third-order valence-corrected chi connectivity index (χ3v) is 6.13. The van der Waals surface area contributed by atoms with E-state index in [9.17, 15) is 9.59 Å². The Balaban J connectivity index is 2.16. The van der Waals surface area contributed by atoms with Gasteiger partial charge in [0.2, 0.25) is 5.91 Å². The van der Waals surface area contributed by atoms with E-state index in [0.29, 0.717) is 34.4 Å². The van der Waals surface area contributed by atoms with Crippen LogP contribution in [0.15, 0.2) is 34.5 Å². The van der Waals surface area contributed by atoms with E-state index >= 15 is 0 Å². The van der Waals surface area contributed by atoms with E-state index in [1.807, 2.05) is 13.0 Å². The molecule has 1 aromatic rings. The molecule has 1 fully saturated rings. The van der Waals surface area contributed by atoms with Gasteiger partial charge in [-0.15, -0.1) is 0 Å². The minimum Gasteiger partial charge on any atom is -0.493 e. The lowest BCUT2D eigenvalue weighted by molar-refractivity contribution is -0.143. The Hall–Kier alpha value is -2.48. The fourth-order valence-corrected chi connectivity index (χ4v) is 4.60. The van der Waals surface area contributed by atoms with Crippen LogP contribution in [0.1, 0.15) is 45.7 Å². The Morgan fingerprint density at radius 3 is 2.52 bits per heavy atom. The van der Waals surface area contributed by atoms with Crippen molar-refractivity contribution in [2.75, 3.05) is 14.2 Å². The molecular weight excluding hydrogens is 392 g/mol. The molecule has 0 unspecified atom stereocenters. The predicted molar refractivity (Wildman–Crippen MR) is 112 cm³/mol. The number of ether oxygens (including phenoxy) is 3. The minimum atomic E-state index is -0.634. The van der Waals surface area contributed by atoms with E-state index in [1.165, 1.54) is 11.8 Å². The minimum absolute atomic E-state index is 0.0571. The number of benzene rings is 1. The van der Waals surface area contributed by atoms with Gasteiger partial charge in [-0.3, -0.25) is 9.69 Å². The Bertz CT molecular complexity index is 893. The van der Waals surface area contributed by atoms with Crippen molar-refractivity contribution in [1.29, 1.82) is 0 Å². The zero-order chi connectivity index (χ0) is 21.3. The van der Waals surface area contributed by atoms with Crippen molar-refractivity contribution in [1.82, 2.24) is 4.90 Å². The van der Waals surface area contributed by atoms with Crippen LogP contribution in [-0.4, -0.2) is 47.5 Å². The third kappa shape index (κ3) is 3.85. The maximum absolute atomic E-state index is 13.1. The first-order chi connectivity index (χ1) is 13.8. The van der Waals surface area contributed by atoms with Gasteiger partial charge in [0.1, 0.15) is 0 Å². The third-order valence-electron chi connectivity index (χ3n) is 4.81. The summed E-state index contributed by atoms with van der Waals surface area (Å²) in [6.45, 7) is 7.33. The van der Waals surface area contributed by atoms with Gasteiger partial charge in [0.15, 0.2) is 16.7 Å². The molecule has 0 N–H and O–H groups in total. The van der Waals surface area contributed by atoms with Crippen molar-refractivity contribution in [2.45, 2.75) is 51.5 Å². The second-order valence-electron chi connectivity index (χ2n) is 7.09. The maximum Gasteiger partial charge on any atom is 0.338 e. The number of nitrogens with zero attached hydrogens (tertiary/aromatic N) is 2. The van der Waals surface area contributed by atoms with Gasteiger partial charge in [0.25, 0.3) is 0 Å². The number of thioether (sulfide) groups is 1. The quantitative estimate of drug-likeness (QED) is 0.656. The number of fused-ring (bicyclic) bond motifs is 1. The molecule has 156 valence electrons. The first kappa shape index (κ1) is 21.2. The van der Waals surface area contributed by atoms with Crippen LogP contribution >= 0.6 is 11.8 Å². The Labute approximate surface area is 175 Å². The zero-order valence-corrected chi connectivity index (χ0v) is 18.3. The lowest BCUT2D eigenvalue weighted by Gasteiger charge is -2.33. The van der Waals surface area contributed by atoms with E-state index in [-0.39, 0.29) is 17.3 Å². The number of amidine groups is 1. The normalized spacial score (nSPS) is 21.3. The predicted octanol–water partition coefficient (Wildman–Crippen LogP) is 3.69. The summed E-state index contributed by atoms with van der Waals surface area (Å²) in [5.41, 5.74) is 1.65. The van der Waals surface area contributed by atoms with Gasteiger partial charge in [0, 0.05) is 0 Å². The van der Waals surface area contributed by atoms with Gasteiger partial charge in [0.05, 0.1) is 42.9 Å². The number of esters is 1. The molecular formula is C21H26N2O5S. The molecule has 1 amide bonds. The molecule has 7 nitrogen and oxygen atoms in total. The van der Waals surface area contributed by atoms with Crippen molar-refractivity contribution in [2.24, 2.45) is 4.99 Å². The number of aliphatic imine (C=N–C) groups is 1. The molecule has 3 rings (SSSR count). The molecule has 2 atom stereocenters. The Kier molecular flexibility index (Phi) is 6.21. The molecule has 29 heavy (non-hydrogen) atoms. The summed E-state index contributed by atoms with van der Waals surface area (Å²) >= 11 is 1.43. The molecule has 1 saturated heterocycles. The standard InChI is InChI=1S/C21H26N2O5S/c1-7-16-19(24)23-18(13-8-9-14(26-5)15(10-13)27-6)17(20(25)28-11(2)3)12(4)22-21(23)29-16/h8-11,16,18H,7H2,1-6H3/t16-,18-/m0/s1. The van der Waals surface area contributed by atoms with Crippen LogP contribution in [0, 0.1) is 0 Å². The summed E-state index contributed by atoms with van der Waals surface area (Å²) in [5.74, 6) is 0.562.